The molecular weight excluding hydrogens is 296 g/mol. The zero-order chi connectivity index (χ0) is 16.8. The third-order valence-electron chi connectivity index (χ3n) is 4.21. The molecule has 0 bridgehead atoms. The molecule has 0 amide bonds. The molecule has 2 heteroatoms. The van der Waals surface area contributed by atoms with E-state index in [9.17, 15) is 4.79 Å². The summed E-state index contributed by atoms with van der Waals surface area (Å²) >= 11 is 0. The maximum Gasteiger partial charge on any atom is 0.163 e. The van der Waals surface area contributed by atoms with Crippen LogP contribution in [0, 0.1) is 0 Å². The van der Waals surface area contributed by atoms with Crippen molar-refractivity contribution in [3.63, 3.8) is 0 Å². The number of benzene rings is 3. The number of carbonyl (C=O) groups is 1. The van der Waals surface area contributed by atoms with Gasteiger partial charge in [-0.05, 0) is 23.3 Å². The Balaban J connectivity index is 1.91. The lowest BCUT2D eigenvalue weighted by Gasteiger charge is -2.18. The van der Waals surface area contributed by atoms with E-state index in [0.29, 0.717) is 6.42 Å². The molecule has 3 aromatic rings. The second-order valence-electron chi connectivity index (χ2n) is 5.73. The van der Waals surface area contributed by atoms with Crippen LogP contribution in [0.25, 0.3) is 0 Å². The quantitative estimate of drug-likeness (QED) is 0.591. The van der Waals surface area contributed by atoms with Crippen molar-refractivity contribution >= 4 is 5.78 Å². The molecule has 120 valence electrons. The first-order valence-corrected chi connectivity index (χ1v) is 8.05. The van der Waals surface area contributed by atoms with Crippen molar-refractivity contribution in [1.82, 2.24) is 0 Å². The summed E-state index contributed by atoms with van der Waals surface area (Å²) < 4.78 is 5.24. The average Bonchev–Trinajstić information content (AvgIpc) is 2.67. The maximum atomic E-state index is 12.7. The molecule has 0 radical (unpaired) electrons. The first-order valence-electron chi connectivity index (χ1n) is 8.05. The fraction of sp³-hybridized carbons (Fsp3) is 0.136. The number of ether oxygens (including phenoxy) is 1. The zero-order valence-corrected chi connectivity index (χ0v) is 13.7. The van der Waals surface area contributed by atoms with Crippen molar-refractivity contribution in [3.8, 4) is 5.75 Å². The number of methoxy groups -OCH3 is 1. The molecule has 1 atom stereocenters. The van der Waals surface area contributed by atoms with Gasteiger partial charge in [-0.2, -0.15) is 0 Å². The summed E-state index contributed by atoms with van der Waals surface area (Å²) in [4.78, 5) is 12.7. The van der Waals surface area contributed by atoms with Crippen LogP contribution in [-0.4, -0.2) is 12.9 Å². The average molecular weight is 316 g/mol. The number of hydrogen-bond acceptors (Lipinski definition) is 2. The topological polar surface area (TPSA) is 26.3 Å². The Morgan fingerprint density at radius 2 is 1.33 bits per heavy atom. The summed E-state index contributed by atoms with van der Waals surface area (Å²) in [7, 11) is 1.66. The summed E-state index contributed by atoms with van der Waals surface area (Å²) in [5.74, 6) is 1.00. The highest BCUT2D eigenvalue weighted by molar-refractivity contribution is 5.96. The number of hydrogen-bond donors (Lipinski definition) is 0. The summed E-state index contributed by atoms with van der Waals surface area (Å²) in [6.45, 7) is 0. The van der Waals surface area contributed by atoms with E-state index in [4.69, 9.17) is 4.74 Å². The lowest BCUT2D eigenvalue weighted by Crippen LogP contribution is -2.09. The molecule has 0 unspecified atom stereocenters. The fourth-order valence-electron chi connectivity index (χ4n) is 2.88. The van der Waals surface area contributed by atoms with E-state index in [1.54, 1.807) is 7.11 Å². The molecule has 0 aromatic heterocycles. The highest BCUT2D eigenvalue weighted by Gasteiger charge is 2.19. The molecular formula is C22H20O2. The maximum absolute atomic E-state index is 12.7. The second-order valence-corrected chi connectivity index (χ2v) is 5.73. The van der Waals surface area contributed by atoms with Crippen LogP contribution in [0.15, 0.2) is 84.9 Å². The zero-order valence-electron chi connectivity index (χ0n) is 13.7. The van der Waals surface area contributed by atoms with E-state index >= 15 is 0 Å². The number of Topliss-reactive ketones (excluding diaryl/α,β-unsaturated/α-hetero) is 1. The van der Waals surface area contributed by atoms with E-state index in [0.717, 1.165) is 22.4 Å². The molecule has 3 rings (SSSR count). The van der Waals surface area contributed by atoms with Gasteiger partial charge in [0.2, 0.25) is 0 Å². The minimum absolute atomic E-state index is 0.0322. The predicted octanol–water partition coefficient (Wildman–Crippen LogP) is 5.10. The molecule has 0 heterocycles. The molecule has 2 nitrogen and oxygen atoms in total. The molecule has 0 spiro atoms. The Hall–Kier alpha value is -2.87. The van der Waals surface area contributed by atoms with Crippen molar-refractivity contribution in [2.45, 2.75) is 12.3 Å². The Labute approximate surface area is 142 Å². The van der Waals surface area contributed by atoms with Crippen LogP contribution in [0.2, 0.25) is 0 Å². The van der Waals surface area contributed by atoms with Crippen LogP contribution in [0.3, 0.4) is 0 Å². The molecule has 0 N–H and O–H groups in total. The van der Waals surface area contributed by atoms with Crippen LogP contribution in [0.4, 0.5) is 0 Å². The summed E-state index contributed by atoms with van der Waals surface area (Å²) in [5.41, 5.74) is 3.02. The van der Waals surface area contributed by atoms with Gasteiger partial charge in [0.1, 0.15) is 5.75 Å². The van der Waals surface area contributed by atoms with Crippen LogP contribution >= 0.6 is 0 Å². The van der Waals surface area contributed by atoms with Gasteiger partial charge >= 0.3 is 0 Å². The van der Waals surface area contributed by atoms with Crippen LogP contribution in [-0.2, 0) is 0 Å². The minimum Gasteiger partial charge on any atom is -0.497 e. The predicted molar refractivity (Wildman–Crippen MR) is 96.7 cm³/mol. The van der Waals surface area contributed by atoms with Crippen molar-refractivity contribution in [2.24, 2.45) is 0 Å². The van der Waals surface area contributed by atoms with Crippen molar-refractivity contribution in [3.05, 3.63) is 102 Å². The van der Waals surface area contributed by atoms with Gasteiger partial charge in [0.15, 0.2) is 5.78 Å². The van der Waals surface area contributed by atoms with Gasteiger partial charge in [-0.15, -0.1) is 0 Å². The van der Waals surface area contributed by atoms with Gasteiger partial charge in [-0.25, -0.2) is 0 Å². The van der Waals surface area contributed by atoms with Gasteiger partial charge in [-0.3, -0.25) is 4.79 Å². The third kappa shape index (κ3) is 3.72. The standard InChI is InChI=1S/C22H20O2/c1-24-20-14-12-18(13-15-20)21(17-8-4-2-5-9-17)16-22(23)19-10-6-3-7-11-19/h2-15,21H,16H2,1H3/t21-/m1/s1. The van der Waals surface area contributed by atoms with E-state index < -0.39 is 0 Å². The molecule has 3 aromatic carbocycles. The monoisotopic (exact) mass is 316 g/mol. The van der Waals surface area contributed by atoms with E-state index in [1.165, 1.54) is 0 Å². The molecule has 0 fully saturated rings. The number of rotatable bonds is 6. The lowest BCUT2D eigenvalue weighted by atomic mass is 9.86. The van der Waals surface area contributed by atoms with E-state index in [2.05, 4.69) is 12.1 Å². The molecule has 0 aliphatic carbocycles. The molecule has 0 aliphatic rings. The van der Waals surface area contributed by atoms with Gasteiger partial charge in [-0.1, -0.05) is 72.8 Å². The summed E-state index contributed by atoms with van der Waals surface area (Å²) in [6.07, 6.45) is 0.445. The van der Waals surface area contributed by atoms with Gasteiger partial charge in [0.05, 0.1) is 7.11 Å². The number of ketones is 1. The SMILES string of the molecule is COc1ccc([C@H](CC(=O)c2ccccc2)c2ccccc2)cc1. The van der Waals surface area contributed by atoms with Gasteiger partial charge in [0, 0.05) is 17.9 Å². The summed E-state index contributed by atoms with van der Waals surface area (Å²) in [6, 6.07) is 27.6. The Kier molecular flexibility index (Phi) is 5.07. The first kappa shape index (κ1) is 16.0. The van der Waals surface area contributed by atoms with Crippen molar-refractivity contribution in [1.29, 1.82) is 0 Å². The second kappa shape index (κ2) is 7.60. The Morgan fingerprint density at radius 3 is 1.92 bits per heavy atom. The van der Waals surface area contributed by atoms with Crippen LogP contribution in [0.1, 0.15) is 33.8 Å². The van der Waals surface area contributed by atoms with Crippen LogP contribution in [0.5, 0.6) is 5.75 Å². The lowest BCUT2D eigenvalue weighted by molar-refractivity contribution is 0.0977. The minimum atomic E-state index is 0.0322. The largest absolute Gasteiger partial charge is 0.497 e. The smallest absolute Gasteiger partial charge is 0.163 e. The number of carbonyl (C=O) groups excluding carboxylic acids is 1. The Bertz CT molecular complexity index is 777. The molecule has 0 saturated heterocycles. The van der Waals surface area contributed by atoms with Gasteiger partial charge < -0.3 is 4.74 Å². The van der Waals surface area contributed by atoms with Crippen molar-refractivity contribution < 1.29 is 9.53 Å². The van der Waals surface area contributed by atoms with Crippen molar-refractivity contribution in [2.75, 3.05) is 7.11 Å². The first-order chi connectivity index (χ1) is 11.8. The van der Waals surface area contributed by atoms with Gasteiger partial charge in [0.25, 0.3) is 0 Å². The summed E-state index contributed by atoms with van der Waals surface area (Å²) in [5, 5.41) is 0. The third-order valence-corrected chi connectivity index (χ3v) is 4.21. The molecule has 24 heavy (non-hydrogen) atoms. The molecule has 0 saturated carbocycles. The Morgan fingerprint density at radius 1 is 0.792 bits per heavy atom. The highest BCUT2D eigenvalue weighted by Crippen LogP contribution is 2.30. The normalized spacial score (nSPS) is 11.7. The molecule has 0 aliphatic heterocycles. The van der Waals surface area contributed by atoms with E-state index in [-0.39, 0.29) is 11.7 Å². The highest BCUT2D eigenvalue weighted by atomic mass is 16.5. The fourth-order valence-corrected chi connectivity index (χ4v) is 2.88. The van der Waals surface area contributed by atoms with E-state index in [1.807, 2.05) is 72.8 Å². The van der Waals surface area contributed by atoms with Crippen LogP contribution < -0.4 is 4.74 Å².